The molecule has 0 saturated carbocycles. The third-order valence-corrected chi connectivity index (χ3v) is 3.94. The lowest BCUT2D eigenvalue weighted by Gasteiger charge is -2.33. The molecule has 0 bridgehead atoms. The van der Waals surface area contributed by atoms with E-state index >= 15 is 0 Å². The lowest BCUT2D eigenvalue weighted by molar-refractivity contribution is 0.422. The summed E-state index contributed by atoms with van der Waals surface area (Å²) in [6, 6.07) is 7.99. The van der Waals surface area contributed by atoms with Crippen molar-refractivity contribution >= 4 is 22.7 Å². The van der Waals surface area contributed by atoms with E-state index in [2.05, 4.69) is 15.2 Å². The highest BCUT2D eigenvalue weighted by Gasteiger charge is 2.22. The second kappa shape index (κ2) is 5.63. The van der Waals surface area contributed by atoms with E-state index in [0.717, 1.165) is 42.3 Å². The third kappa shape index (κ3) is 2.41. The van der Waals surface area contributed by atoms with Gasteiger partial charge in [-0.15, -0.1) is 0 Å². The van der Waals surface area contributed by atoms with Gasteiger partial charge in [0.05, 0.1) is 11.0 Å². The summed E-state index contributed by atoms with van der Waals surface area (Å²) in [5.74, 6) is 2.35. The molecule has 0 radical (unpaired) electrons. The number of piperidine rings is 1. The van der Waals surface area contributed by atoms with Crippen LogP contribution in [-0.2, 0) is 0 Å². The van der Waals surface area contributed by atoms with Gasteiger partial charge in [0, 0.05) is 20.1 Å². The molecule has 1 saturated heterocycles. The van der Waals surface area contributed by atoms with Gasteiger partial charge in [0.25, 0.3) is 0 Å². The zero-order valence-electron chi connectivity index (χ0n) is 11.8. The molecule has 1 aliphatic rings. The van der Waals surface area contributed by atoms with Crippen LogP contribution in [0.2, 0.25) is 0 Å². The normalized spacial score (nSPS) is 19.3. The van der Waals surface area contributed by atoms with Crippen LogP contribution in [0.5, 0.6) is 0 Å². The van der Waals surface area contributed by atoms with Crippen LogP contribution in [0.15, 0.2) is 24.3 Å². The Hall–Kier alpha value is -1.88. The maximum Gasteiger partial charge on any atom is 0.172 e. The number of aromatic nitrogens is 2. The van der Waals surface area contributed by atoms with Crippen LogP contribution in [0, 0.1) is 5.92 Å². The summed E-state index contributed by atoms with van der Waals surface area (Å²) in [7, 11) is 1.90. The van der Waals surface area contributed by atoms with Gasteiger partial charge < -0.3 is 16.0 Å². The molecule has 20 heavy (non-hydrogen) atoms. The number of hydrogen-bond donors (Lipinski definition) is 2. The Labute approximate surface area is 119 Å². The average Bonchev–Trinajstić information content (AvgIpc) is 2.53. The van der Waals surface area contributed by atoms with Crippen molar-refractivity contribution in [2.45, 2.75) is 12.8 Å². The Balaban J connectivity index is 2.00. The fourth-order valence-electron chi connectivity index (χ4n) is 2.83. The molecule has 5 heteroatoms. The minimum Gasteiger partial charge on any atom is -0.370 e. The van der Waals surface area contributed by atoms with Gasteiger partial charge in [-0.2, -0.15) is 0 Å². The SMILES string of the molecule is CNc1nc2ccccc2nc1N1CCC[C@@H](CN)C1. The number of anilines is 2. The van der Waals surface area contributed by atoms with Crippen molar-refractivity contribution in [2.75, 3.05) is 36.9 Å². The van der Waals surface area contributed by atoms with E-state index in [1.807, 2.05) is 31.3 Å². The molecule has 1 atom stereocenters. The number of benzene rings is 1. The first-order chi connectivity index (χ1) is 9.81. The van der Waals surface area contributed by atoms with Crippen LogP contribution in [0.1, 0.15) is 12.8 Å². The summed E-state index contributed by atoms with van der Waals surface area (Å²) in [4.78, 5) is 11.8. The van der Waals surface area contributed by atoms with E-state index in [4.69, 9.17) is 10.7 Å². The molecule has 3 rings (SSSR count). The Morgan fingerprint density at radius 1 is 1.30 bits per heavy atom. The highest BCUT2D eigenvalue weighted by atomic mass is 15.2. The van der Waals surface area contributed by atoms with Crippen molar-refractivity contribution in [3.8, 4) is 0 Å². The summed E-state index contributed by atoms with van der Waals surface area (Å²) < 4.78 is 0. The first kappa shape index (κ1) is 13.1. The fraction of sp³-hybridized carbons (Fsp3) is 0.467. The molecule has 2 aromatic rings. The monoisotopic (exact) mass is 271 g/mol. The Kier molecular flexibility index (Phi) is 3.69. The van der Waals surface area contributed by atoms with Gasteiger partial charge in [-0.05, 0) is 37.4 Å². The molecule has 1 fully saturated rings. The molecule has 3 N–H and O–H groups in total. The van der Waals surface area contributed by atoms with E-state index in [-0.39, 0.29) is 0 Å². The van der Waals surface area contributed by atoms with Gasteiger partial charge in [-0.25, -0.2) is 9.97 Å². The molecule has 5 nitrogen and oxygen atoms in total. The number of rotatable bonds is 3. The summed E-state index contributed by atoms with van der Waals surface area (Å²) in [5, 5.41) is 3.17. The van der Waals surface area contributed by atoms with E-state index in [1.54, 1.807) is 0 Å². The van der Waals surface area contributed by atoms with Crippen LogP contribution in [0.4, 0.5) is 11.6 Å². The van der Waals surface area contributed by atoms with Crippen molar-refractivity contribution in [2.24, 2.45) is 11.7 Å². The average molecular weight is 271 g/mol. The van der Waals surface area contributed by atoms with Crippen molar-refractivity contribution in [3.63, 3.8) is 0 Å². The number of nitrogens with zero attached hydrogens (tertiary/aromatic N) is 3. The molecule has 0 aliphatic carbocycles. The summed E-state index contributed by atoms with van der Waals surface area (Å²) in [6.07, 6.45) is 2.38. The lowest BCUT2D eigenvalue weighted by atomic mass is 9.98. The number of fused-ring (bicyclic) bond motifs is 1. The minimum atomic E-state index is 0.557. The molecular weight excluding hydrogens is 250 g/mol. The number of hydrogen-bond acceptors (Lipinski definition) is 5. The molecule has 1 aromatic carbocycles. The Morgan fingerprint density at radius 2 is 2.05 bits per heavy atom. The molecule has 1 aliphatic heterocycles. The van der Waals surface area contributed by atoms with Gasteiger partial charge in [-0.1, -0.05) is 12.1 Å². The standard InChI is InChI=1S/C15H21N5/c1-17-14-15(20-8-4-5-11(9-16)10-20)19-13-7-3-2-6-12(13)18-14/h2-3,6-7,11H,4-5,8-10,16H2,1H3,(H,17,18)/t11-/m0/s1. The van der Waals surface area contributed by atoms with Crippen LogP contribution in [-0.4, -0.2) is 36.6 Å². The van der Waals surface area contributed by atoms with Crippen molar-refractivity contribution in [1.82, 2.24) is 9.97 Å². The van der Waals surface area contributed by atoms with Crippen LogP contribution in [0.3, 0.4) is 0 Å². The predicted octanol–water partition coefficient (Wildman–Crippen LogP) is 1.85. The maximum atomic E-state index is 5.83. The first-order valence-corrected chi connectivity index (χ1v) is 7.21. The van der Waals surface area contributed by atoms with Crippen LogP contribution in [0.25, 0.3) is 11.0 Å². The number of nitrogens with one attached hydrogen (secondary N) is 1. The van der Waals surface area contributed by atoms with Gasteiger partial charge >= 0.3 is 0 Å². The molecule has 0 amide bonds. The van der Waals surface area contributed by atoms with Gasteiger partial charge in [-0.3, -0.25) is 0 Å². The largest absolute Gasteiger partial charge is 0.370 e. The van der Waals surface area contributed by atoms with E-state index < -0.39 is 0 Å². The molecule has 0 spiro atoms. The van der Waals surface area contributed by atoms with Crippen LogP contribution < -0.4 is 16.0 Å². The highest BCUT2D eigenvalue weighted by molar-refractivity contribution is 5.80. The molecule has 0 unspecified atom stereocenters. The topological polar surface area (TPSA) is 67.1 Å². The maximum absolute atomic E-state index is 5.83. The summed E-state index contributed by atoms with van der Waals surface area (Å²) in [6.45, 7) is 2.74. The Bertz CT molecular complexity index is 598. The quantitative estimate of drug-likeness (QED) is 0.891. The summed E-state index contributed by atoms with van der Waals surface area (Å²) >= 11 is 0. The third-order valence-electron chi connectivity index (χ3n) is 3.94. The molecule has 2 heterocycles. The predicted molar refractivity (Wildman–Crippen MR) is 83.1 cm³/mol. The second-order valence-corrected chi connectivity index (χ2v) is 5.32. The van der Waals surface area contributed by atoms with Crippen molar-refractivity contribution < 1.29 is 0 Å². The Morgan fingerprint density at radius 3 is 2.75 bits per heavy atom. The minimum absolute atomic E-state index is 0.557. The first-order valence-electron chi connectivity index (χ1n) is 7.21. The smallest absolute Gasteiger partial charge is 0.172 e. The second-order valence-electron chi connectivity index (χ2n) is 5.32. The molecule has 106 valence electrons. The van der Waals surface area contributed by atoms with Crippen LogP contribution >= 0.6 is 0 Å². The van der Waals surface area contributed by atoms with E-state index in [9.17, 15) is 0 Å². The van der Waals surface area contributed by atoms with Gasteiger partial charge in [0.15, 0.2) is 11.6 Å². The lowest BCUT2D eigenvalue weighted by Crippen LogP contribution is -2.39. The fourth-order valence-corrected chi connectivity index (χ4v) is 2.83. The zero-order valence-corrected chi connectivity index (χ0v) is 11.8. The van der Waals surface area contributed by atoms with Gasteiger partial charge in [0.2, 0.25) is 0 Å². The molecule has 1 aromatic heterocycles. The number of nitrogens with two attached hydrogens (primary N) is 1. The zero-order chi connectivity index (χ0) is 13.9. The number of para-hydroxylation sites is 2. The molecular formula is C15H21N5. The highest BCUT2D eigenvalue weighted by Crippen LogP contribution is 2.28. The van der Waals surface area contributed by atoms with Crippen molar-refractivity contribution in [1.29, 1.82) is 0 Å². The van der Waals surface area contributed by atoms with Crippen molar-refractivity contribution in [3.05, 3.63) is 24.3 Å². The van der Waals surface area contributed by atoms with Gasteiger partial charge in [0.1, 0.15) is 0 Å². The summed E-state index contributed by atoms with van der Waals surface area (Å²) in [5.41, 5.74) is 7.69. The van der Waals surface area contributed by atoms with E-state index in [1.165, 1.54) is 12.8 Å². The van der Waals surface area contributed by atoms with E-state index in [0.29, 0.717) is 5.92 Å².